The van der Waals surface area contributed by atoms with Gasteiger partial charge in [-0.1, -0.05) is 28.3 Å². The van der Waals surface area contributed by atoms with Crippen LogP contribution in [0.5, 0.6) is 0 Å². The predicted octanol–water partition coefficient (Wildman–Crippen LogP) is 4.89. The molecule has 2 heterocycles. The fraction of sp³-hybridized carbons (Fsp3) is 0.0909. The Balaban J connectivity index is 1.55. The van der Waals surface area contributed by atoms with Crippen LogP contribution in [0.4, 0.5) is 22.9 Å². The van der Waals surface area contributed by atoms with Crippen LogP contribution in [0.3, 0.4) is 0 Å². The number of carbonyl (C=O) groups is 2. The fourth-order valence-electron chi connectivity index (χ4n) is 3.12. The molecule has 13 heteroatoms. The van der Waals surface area contributed by atoms with Crippen LogP contribution >= 0.6 is 23.2 Å². The Kier molecular flexibility index (Phi) is 6.80. The summed E-state index contributed by atoms with van der Waals surface area (Å²) in [6.45, 7) is 0. The molecule has 4 rings (SSSR count). The van der Waals surface area contributed by atoms with Crippen molar-refractivity contribution in [1.29, 1.82) is 0 Å². The molecule has 0 spiro atoms. The molecular weight excluding hydrogens is 495 g/mol. The molecule has 178 valence electrons. The Morgan fingerprint density at radius 1 is 0.914 bits per heavy atom. The molecule has 0 aliphatic carbocycles. The van der Waals surface area contributed by atoms with Gasteiger partial charge in [-0.05, 0) is 48.5 Å². The molecule has 11 nitrogen and oxygen atoms in total. The number of anilines is 2. The largest absolute Gasteiger partial charge is 0.690 e. The number of aromatic nitrogens is 4. The van der Waals surface area contributed by atoms with Crippen molar-refractivity contribution in [2.45, 2.75) is 0 Å². The number of aryl methyl sites for hydroxylation is 2. The first kappa shape index (κ1) is 23.9. The van der Waals surface area contributed by atoms with E-state index in [0.717, 1.165) is 0 Å². The third-order valence-corrected chi connectivity index (χ3v) is 5.34. The van der Waals surface area contributed by atoms with Gasteiger partial charge in [0, 0.05) is 28.5 Å². The topological polar surface area (TPSA) is 132 Å². The number of nitrogens with zero attached hydrogens (tertiary/aromatic N) is 6. The molecule has 0 aliphatic heterocycles. The van der Waals surface area contributed by atoms with Crippen LogP contribution < -0.4 is 10.6 Å². The summed E-state index contributed by atoms with van der Waals surface area (Å²) >= 11 is 11.7. The van der Waals surface area contributed by atoms with Crippen molar-refractivity contribution in [3.63, 3.8) is 0 Å². The first-order chi connectivity index (χ1) is 16.7. The molecule has 4 aromatic rings. The molecule has 0 saturated carbocycles. The number of carbonyl (C=O) groups excluding carboxylic acids is 2. The van der Waals surface area contributed by atoms with E-state index in [0.29, 0.717) is 21.4 Å². The third kappa shape index (κ3) is 5.48. The van der Waals surface area contributed by atoms with E-state index in [2.05, 4.69) is 25.9 Å². The molecule has 2 amide bonds. The number of nitrogens with one attached hydrogen (secondary N) is 2. The fourth-order valence-corrected chi connectivity index (χ4v) is 3.37. The average molecular weight is 513 g/mol. The molecule has 0 unspecified atom stereocenters. The lowest BCUT2D eigenvalue weighted by molar-refractivity contribution is -0.439. The molecule has 0 radical (unpaired) electrons. The van der Waals surface area contributed by atoms with E-state index in [1.165, 1.54) is 28.7 Å². The molecule has 0 atom stereocenters. The van der Waals surface area contributed by atoms with E-state index in [9.17, 15) is 14.8 Å². The zero-order valence-electron chi connectivity index (χ0n) is 18.4. The highest BCUT2D eigenvalue weighted by atomic mass is 35.5. The molecule has 2 N–H and O–H groups in total. The maximum Gasteiger partial charge on any atom is 0.374 e. The molecule has 0 saturated heterocycles. The highest BCUT2D eigenvalue weighted by molar-refractivity contribution is 6.31. The SMILES string of the molecule is Cn1nc([N+]([O-])=Nc2cnn(C)c2C(=O)Nc2ccc(Cl)cc2)cc1C(=O)Nc1ccc(Cl)cc1. The minimum atomic E-state index is -0.525. The molecule has 0 fully saturated rings. The van der Waals surface area contributed by atoms with E-state index in [1.54, 1.807) is 55.6 Å². The molecule has 35 heavy (non-hydrogen) atoms. The molecule has 2 aromatic carbocycles. The van der Waals surface area contributed by atoms with Gasteiger partial charge in [0.1, 0.15) is 0 Å². The van der Waals surface area contributed by atoms with Gasteiger partial charge in [-0.15, -0.1) is 4.86 Å². The zero-order chi connectivity index (χ0) is 25.1. The second-order valence-electron chi connectivity index (χ2n) is 7.31. The number of hydrogen-bond donors (Lipinski definition) is 2. The van der Waals surface area contributed by atoms with Crippen LogP contribution in [0.2, 0.25) is 10.0 Å². The number of halogens is 2. The highest BCUT2D eigenvalue weighted by Gasteiger charge is 2.23. The molecule has 2 aromatic heterocycles. The van der Waals surface area contributed by atoms with Crippen LogP contribution in [0, 0.1) is 5.21 Å². The summed E-state index contributed by atoms with van der Waals surface area (Å²) in [6, 6.07) is 14.4. The predicted molar refractivity (Wildman–Crippen MR) is 131 cm³/mol. The normalized spacial score (nSPS) is 11.4. The molecular formula is C22H18Cl2N8O3. The summed E-state index contributed by atoms with van der Waals surface area (Å²) in [5, 5.41) is 31.2. The van der Waals surface area contributed by atoms with Crippen molar-refractivity contribution in [3.05, 3.63) is 87.4 Å². The van der Waals surface area contributed by atoms with Gasteiger partial charge in [0.05, 0.1) is 24.4 Å². The van der Waals surface area contributed by atoms with Gasteiger partial charge in [-0.2, -0.15) is 9.78 Å². The van der Waals surface area contributed by atoms with E-state index in [-0.39, 0.29) is 27.8 Å². The molecule has 0 aliphatic rings. The summed E-state index contributed by atoms with van der Waals surface area (Å²) < 4.78 is 2.54. The van der Waals surface area contributed by atoms with Crippen LogP contribution in [0.15, 0.2) is 65.9 Å². The standard InChI is InChI=1S/C22H18Cl2N8O3/c1-30-18(21(33)26-15-7-3-13(23)4-8-15)11-19(29-30)32(35)28-17-12-25-31(2)20(17)22(34)27-16-9-5-14(24)6-10-16/h3-12H,1-2H3,(H,26,33)(H,27,34). The van der Waals surface area contributed by atoms with Crippen LogP contribution in [0.1, 0.15) is 21.0 Å². The summed E-state index contributed by atoms with van der Waals surface area (Å²) in [4.78, 5) is 25.6. The minimum absolute atomic E-state index is 0.0202. The van der Waals surface area contributed by atoms with E-state index in [4.69, 9.17) is 23.2 Å². The third-order valence-electron chi connectivity index (χ3n) is 4.83. The number of azo groups is 1. The maximum absolute atomic E-state index is 12.8. The minimum Gasteiger partial charge on any atom is -0.690 e. The molecule has 0 bridgehead atoms. The Morgan fingerprint density at radius 3 is 2.03 bits per heavy atom. The highest BCUT2D eigenvalue weighted by Crippen LogP contribution is 2.23. The summed E-state index contributed by atoms with van der Waals surface area (Å²) in [7, 11) is 3.06. The van der Waals surface area contributed by atoms with Gasteiger partial charge < -0.3 is 15.8 Å². The lowest BCUT2D eigenvalue weighted by Crippen LogP contribution is -2.16. The first-order valence-corrected chi connectivity index (χ1v) is 10.9. The van der Waals surface area contributed by atoms with Gasteiger partial charge in [-0.3, -0.25) is 14.3 Å². The maximum atomic E-state index is 12.8. The second-order valence-corrected chi connectivity index (χ2v) is 8.18. The van der Waals surface area contributed by atoms with Crippen molar-refractivity contribution in [2.24, 2.45) is 19.2 Å². The lowest BCUT2D eigenvalue weighted by atomic mass is 10.3. The first-order valence-electron chi connectivity index (χ1n) is 10.1. The van der Waals surface area contributed by atoms with Crippen molar-refractivity contribution < 1.29 is 14.4 Å². The number of benzene rings is 2. The number of rotatable bonds is 6. The zero-order valence-corrected chi connectivity index (χ0v) is 19.9. The Bertz CT molecular complexity index is 1430. The van der Waals surface area contributed by atoms with Gasteiger partial charge in [0.25, 0.3) is 11.8 Å². The van der Waals surface area contributed by atoms with E-state index < -0.39 is 11.8 Å². The summed E-state index contributed by atoms with van der Waals surface area (Å²) in [5.74, 6) is -1.16. The van der Waals surface area contributed by atoms with Crippen molar-refractivity contribution in [1.82, 2.24) is 19.6 Å². The Hall–Kier alpha value is -4.22. The van der Waals surface area contributed by atoms with Gasteiger partial charge >= 0.3 is 5.82 Å². The second kappa shape index (κ2) is 9.95. The van der Waals surface area contributed by atoms with Crippen molar-refractivity contribution >= 4 is 57.9 Å². The van der Waals surface area contributed by atoms with E-state index >= 15 is 0 Å². The number of amides is 2. The van der Waals surface area contributed by atoms with Crippen molar-refractivity contribution in [3.8, 4) is 0 Å². The average Bonchev–Trinajstić information content (AvgIpc) is 3.39. The summed E-state index contributed by atoms with van der Waals surface area (Å²) in [5.41, 5.74) is 1.23. The van der Waals surface area contributed by atoms with Crippen molar-refractivity contribution in [2.75, 3.05) is 10.6 Å². The monoisotopic (exact) mass is 512 g/mol. The van der Waals surface area contributed by atoms with Gasteiger partial charge in [-0.25, -0.2) is 0 Å². The lowest BCUT2D eigenvalue weighted by Gasteiger charge is -2.07. The quantitative estimate of drug-likeness (QED) is 0.215. The van der Waals surface area contributed by atoms with Crippen LogP contribution in [0.25, 0.3) is 0 Å². The van der Waals surface area contributed by atoms with Gasteiger partial charge in [0.2, 0.25) is 0 Å². The summed E-state index contributed by atoms with van der Waals surface area (Å²) in [6.07, 6.45) is 1.28. The number of hydrogen-bond acceptors (Lipinski definition) is 6. The smallest absolute Gasteiger partial charge is 0.374 e. The van der Waals surface area contributed by atoms with E-state index in [1.807, 2.05) is 0 Å². The van der Waals surface area contributed by atoms with Crippen LogP contribution in [-0.2, 0) is 14.1 Å². The Labute approximate surface area is 209 Å². The Morgan fingerprint density at radius 2 is 1.46 bits per heavy atom. The van der Waals surface area contributed by atoms with Crippen LogP contribution in [-0.4, -0.2) is 36.2 Å². The van der Waals surface area contributed by atoms with Gasteiger partial charge in [0.15, 0.2) is 17.1 Å².